The summed E-state index contributed by atoms with van der Waals surface area (Å²) in [5.74, 6) is -0.903. The van der Waals surface area contributed by atoms with Crippen LogP contribution >= 0.6 is 11.3 Å². The number of amides is 1. The number of nitrogens with zero attached hydrogens (tertiary/aromatic N) is 1. The number of hydrogen-bond acceptors (Lipinski definition) is 4. The molecule has 0 bridgehead atoms. The first kappa shape index (κ1) is 11.7. The van der Waals surface area contributed by atoms with E-state index in [1.165, 1.54) is 29.5 Å². The quantitative estimate of drug-likeness (QED) is 0.819. The highest BCUT2D eigenvalue weighted by atomic mass is 32.1. The van der Waals surface area contributed by atoms with Gasteiger partial charge in [0, 0.05) is 4.88 Å². The topological polar surface area (TPSA) is 68.0 Å². The van der Waals surface area contributed by atoms with Gasteiger partial charge in [0.2, 0.25) is 11.9 Å². The van der Waals surface area contributed by atoms with Gasteiger partial charge in [0.05, 0.1) is 0 Å². The van der Waals surface area contributed by atoms with Crippen molar-refractivity contribution >= 4 is 23.1 Å². The van der Waals surface area contributed by atoms with Gasteiger partial charge >= 0.3 is 0 Å². The summed E-state index contributed by atoms with van der Waals surface area (Å²) < 4.78 is 12.8. The second-order valence-electron chi connectivity index (χ2n) is 3.33. The van der Waals surface area contributed by atoms with Crippen molar-refractivity contribution in [2.45, 2.75) is 6.04 Å². The molecule has 0 aliphatic heterocycles. The third-order valence-electron chi connectivity index (χ3n) is 2.10. The highest BCUT2D eigenvalue weighted by Crippen LogP contribution is 2.18. The molecule has 1 atom stereocenters. The summed E-state index contributed by atoms with van der Waals surface area (Å²) >= 11 is 1.39. The Morgan fingerprint density at radius 3 is 2.88 bits per heavy atom. The molecule has 1 unspecified atom stereocenters. The summed E-state index contributed by atoms with van der Waals surface area (Å²) in [7, 11) is 0. The molecule has 17 heavy (non-hydrogen) atoms. The Balaban J connectivity index is 2.07. The summed E-state index contributed by atoms with van der Waals surface area (Å²) in [6.07, 6.45) is 0. The van der Waals surface area contributed by atoms with Gasteiger partial charge in [0.25, 0.3) is 0 Å². The van der Waals surface area contributed by atoms with Crippen LogP contribution in [0.1, 0.15) is 10.9 Å². The van der Waals surface area contributed by atoms with E-state index in [1.807, 2.05) is 11.4 Å². The number of thiophene rings is 1. The van der Waals surface area contributed by atoms with Gasteiger partial charge in [-0.15, -0.1) is 11.3 Å². The van der Waals surface area contributed by atoms with Crippen LogP contribution in [0.15, 0.2) is 35.7 Å². The van der Waals surface area contributed by atoms with Crippen molar-refractivity contribution in [1.29, 1.82) is 0 Å². The SMILES string of the molecule is NC(C(=O)Nc1cccc(F)n1)c1cccs1. The molecule has 0 radical (unpaired) electrons. The highest BCUT2D eigenvalue weighted by molar-refractivity contribution is 7.10. The van der Waals surface area contributed by atoms with Crippen LogP contribution in [0.3, 0.4) is 0 Å². The van der Waals surface area contributed by atoms with E-state index in [0.29, 0.717) is 0 Å². The van der Waals surface area contributed by atoms with E-state index in [2.05, 4.69) is 10.3 Å². The van der Waals surface area contributed by atoms with Crippen LogP contribution in [0.5, 0.6) is 0 Å². The summed E-state index contributed by atoms with van der Waals surface area (Å²) in [5.41, 5.74) is 5.75. The normalized spacial score (nSPS) is 12.1. The van der Waals surface area contributed by atoms with Crippen molar-refractivity contribution in [1.82, 2.24) is 4.98 Å². The molecule has 0 saturated carbocycles. The van der Waals surface area contributed by atoms with Gasteiger partial charge in [-0.3, -0.25) is 4.79 Å². The molecular weight excluding hydrogens is 241 g/mol. The highest BCUT2D eigenvalue weighted by Gasteiger charge is 2.17. The van der Waals surface area contributed by atoms with Gasteiger partial charge in [0.15, 0.2) is 0 Å². The fourth-order valence-electron chi connectivity index (χ4n) is 1.28. The third kappa shape index (κ3) is 2.86. The molecule has 6 heteroatoms. The molecule has 0 aliphatic carbocycles. The molecule has 2 rings (SSSR count). The van der Waals surface area contributed by atoms with Gasteiger partial charge in [-0.1, -0.05) is 12.1 Å². The monoisotopic (exact) mass is 251 g/mol. The van der Waals surface area contributed by atoms with Crippen molar-refractivity contribution in [3.05, 3.63) is 46.5 Å². The molecule has 3 N–H and O–H groups in total. The number of rotatable bonds is 3. The van der Waals surface area contributed by atoms with Crippen LogP contribution < -0.4 is 11.1 Å². The molecule has 1 amide bonds. The fourth-order valence-corrected chi connectivity index (χ4v) is 2.00. The first-order valence-electron chi connectivity index (χ1n) is 4.89. The zero-order valence-corrected chi connectivity index (χ0v) is 9.58. The Hall–Kier alpha value is -1.79. The number of carbonyl (C=O) groups excluding carboxylic acids is 1. The number of pyridine rings is 1. The number of aromatic nitrogens is 1. The minimum atomic E-state index is -0.764. The predicted molar refractivity (Wildman–Crippen MR) is 64.1 cm³/mol. The van der Waals surface area contributed by atoms with Crippen molar-refractivity contribution in [3.63, 3.8) is 0 Å². The van der Waals surface area contributed by atoms with E-state index in [-0.39, 0.29) is 5.82 Å². The minimum absolute atomic E-state index is 0.155. The average molecular weight is 251 g/mol. The largest absolute Gasteiger partial charge is 0.316 e. The molecule has 88 valence electrons. The van der Waals surface area contributed by atoms with Crippen molar-refractivity contribution in [2.75, 3.05) is 5.32 Å². The summed E-state index contributed by atoms with van der Waals surface area (Å²) in [5, 5.41) is 4.30. The van der Waals surface area contributed by atoms with E-state index < -0.39 is 17.9 Å². The average Bonchev–Trinajstić information content (AvgIpc) is 2.81. The van der Waals surface area contributed by atoms with Gasteiger partial charge in [0.1, 0.15) is 11.9 Å². The van der Waals surface area contributed by atoms with Gasteiger partial charge in [-0.25, -0.2) is 4.98 Å². The van der Waals surface area contributed by atoms with Crippen LogP contribution in [0.25, 0.3) is 0 Å². The maximum atomic E-state index is 12.8. The maximum absolute atomic E-state index is 12.8. The molecule has 0 fully saturated rings. The first-order chi connectivity index (χ1) is 8.16. The van der Waals surface area contributed by atoms with Crippen molar-refractivity contribution < 1.29 is 9.18 Å². The maximum Gasteiger partial charge on any atom is 0.247 e. The van der Waals surface area contributed by atoms with E-state index in [4.69, 9.17) is 5.73 Å². The number of hydrogen-bond donors (Lipinski definition) is 2. The summed E-state index contributed by atoms with van der Waals surface area (Å²) in [6.45, 7) is 0. The Labute approximate surface area is 101 Å². The fraction of sp³-hybridized carbons (Fsp3) is 0.0909. The van der Waals surface area contributed by atoms with Gasteiger partial charge in [-0.05, 0) is 23.6 Å². The number of halogens is 1. The zero-order valence-electron chi connectivity index (χ0n) is 8.76. The lowest BCUT2D eigenvalue weighted by molar-refractivity contribution is -0.117. The van der Waals surface area contributed by atoms with Crippen LogP contribution in [0.4, 0.5) is 10.2 Å². The molecular formula is C11H10FN3OS. The Bertz CT molecular complexity index is 515. The lowest BCUT2D eigenvalue weighted by Crippen LogP contribution is -2.27. The second kappa shape index (κ2) is 5.03. The van der Waals surface area contributed by atoms with Crippen LogP contribution in [0.2, 0.25) is 0 Å². The zero-order chi connectivity index (χ0) is 12.3. The van der Waals surface area contributed by atoms with Crippen LogP contribution in [-0.4, -0.2) is 10.9 Å². The third-order valence-corrected chi connectivity index (χ3v) is 3.05. The number of nitrogens with one attached hydrogen (secondary N) is 1. The van der Waals surface area contributed by atoms with E-state index in [9.17, 15) is 9.18 Å². The predicted octanol–water partition coefficient (Wildman–Crippen LogP) is 1.92. The Morgan fingerprint density at radius 2 is 2.24 bits per heavy atom. The van der Waals surface area contributed by atoms with Gasteiger partial charge < -0.3 is 11.1 Å². The van der Waals surface area contributed by atoms with E-state index in [1.54, 1.807) is 6.07 Å². The van der Waals surface area contributed by atoms with Crippen molar-refractivity contribution in [3.8, 4) is 0 Å². The van der Waals surface area contributed by atoms with Gasteiger partial charge in [-0.2, -0.15) is 4.39 Å². The van der Waals surface area contributed by atoms with Crippen LogP contribution in [-0.2, 0) is 4.79 Å². The number of carbonyl (C=O) groups is 1. The molecule has 2 aromatic heterocycles. The Morgan fingerprint density at radius 1 is 1.41 bits per heavy atom. The second-order valence-corrected chi connectivity index (χ2v) is 4.31. The number of nitrogens with two attached hydrogens (primary N) is 1. The van der Waals surface area contributed by atoms with Crippen molar-refractivity contribution in [2.24, 2.45) is 5.73 Å². The van der Waals surface area contributed by atoms with Crippen LogP contribution in [0, 0.1) is 5.95 Å². The standard InChI is InChI=1S/C11H10FN3OS/c12-8-4-1-5-9(14-8)15-11(16)10(13)7-3-2-6-17-7/h1-6,10H,13H2,(H,14,15,16). The molecule has 4 nitrogen and oxygen atoms in total. The summed E-state index contributed by atoms with van der Waals surface area (Å²) in [6, 6.07) is 6.99. The molecule has 0 spiro atoms. The Kier molecular flexibility index (Phi) is 3.46. The lowest BCUT2D eigenvalue weighted by atomic mass is 10.2. The van der Waals surface area contributed by atoms with E-state index in [0.717, 1.165) is 4.88 Å². The minimum Gasteiger partial charge on any atom is -0.316 e. The smallest absolute Gasteiger partial charge is 0.247 e. The molecule has 2 heterocycles. The molecule has 0 aliphatic rings. The molecule has 0 saturated heterocycles. The summed E-state index contributed by atoms with van der Waals surface area (Å²) in [4.78, 5) is 16.0. The number of anilines is 1. The molecule has 2 aromatic rings. The van der Waals surface area contributed by atoms with E-state index >= 15 is 0 Å². The first-order valence-corrected chi connectivity index (χ1v) is 5.77. The lowest BCUT2D eigenvalue weighted by Gasteiger charge is -2.09. The molecule has 0 aromatic carbocycles.